The van der Waals surface area contributed by atoms with E-state index in [1.807, 2.05) is 60.8 Å². The van der Waals surface area contributed by atoms with Gasteiger partial charge in [0.2, 0.25) is 11.9 Å². The Labute approximate surface area is 195 Å². The van der Waals surface area contributed by atoms with E-state index >= 15 is 0 Å². The molecule has 2 aromatic carbocycles. The van der Waals surface area contributed by atoms with Crippen molar-refractivity contribution in [2.75, 3.05) is 25.1 Å². The first-order chi connectivity index (χ1) is 15.9. The molecule has 0 saturated heterocycles. The molecule has 33 heavy (non-hydrogen) atoms. The number of halogens is 1. The van der Waals surface area contributed by atoms with Gasteiger partial charge in [0.05, 0.1) is 11.8 Å². The third kappa shape index (κ3) is 5.44. The first-order valence-electron chi connectivity index (χ1n) is 10.2. The van der Waals surface area contributed by atoms with Crippen LogP contribution in [0.15, 0.2) is 59.8 Å². The van der Waals surface area contributed by atoms with Crippen molar-refractivity contribution in [3.63, 3.8) is 0 Å². The molecule has 0 aliphatic rings. The summed E-state index contributed by atoms with van der Waals surface area (Å²) >= 11 is 1.41. The molecule has 9 nitrogen and oxygen atoms in total. The van der Waals surface area contributed by atoms with Crippen LogP contribution in [0.1, 0.15) is 24.6 Å². The molecule has 0 radical (unpaired) electrons. The van der Waals surface area contributed by atoms with E-state index in [9.17, 15) is 4.39 Å². The fourth-order valence-corrected chi connectivity index (χ4v) is 3.86. The Morgan fingerprint density at radius 3 is 2.45 bits per heavy atom. The summed E-state index contributed by atoms with van der Waals surface area (Å²) in [6, 6.07) is 15.8. The molecule has 0 aliphatic heterocycles. The van der Waals surface area contributed by atoms with E-state index < -0.39 is 0 Å². The van der Waals surface area contributed by atoms with Crippen LogP contribution in [0.25, 0.3) is 5.69 Å². The van der Waals surface area contributed by atoms with Crippen molar-refractivity contribution in [1.82, 2.24) is 34.6 Å². The second-order valence-corrected chi connectivity index (χ2v) is 8.45. The van der Waals surface area contributed by atoms with Gasteiger partial charge in [-0.2, -0.15) is 15.0 Å². The topological polar surface area (TPSA) is 111 Å². The lowest BCUT2D eigenvalue weighted by Crippen LogP contribution is -2.20. The van der Waals surface area contributed by atoms with Gasteiger partial charge in [-0.1, -0.05) is 30.0 Å². The molecule has 0 saturated carbocycles. The summed E-state index contributed by atoms with van der Waals surface area (Å²) in [6.07, 6.45) is 0. The monoisotopic (exact) mass is 465 g/mol. The number of hydrogen-bond donors (Lipinski definition) is 2. The predicted octanol–water partition coefficient (Wildman–Crippen LogP) is 3.83. The molecule has 0 fully saturated rings. The van der Waals surface area contributed by atoms with Crippen molar-refractivity contribution >= 4 is 29.3 Å². The molecule has 0 spiro atoms. The summed E-state index contributed by atoms with van der Waals surface area (Å²) in [5.41, 5.74) is 7.53. The zero-order valence-corrected chi connectivity index (χ0v) is 19.3. The second-order valence-electron chi connectivity index (χ2n) is 7.51. The highest BCUT2D eigenvalue weighted by molar-refractivity contribution is 7.98. The number of nitrogens with zero attached hydrogens (tertiary/aromatic N) is 7. The molecule has 4 rings (SSSR count). The van der Waals surface area contributed by atoms with E-state index in [-0.39, 0.29) is 17.8 Å². The Morgan fingerprint density at radius 2 is 1.76 bits per heavy atom. The van der Waals surface area contributed by atoms with Crippen LogP contribution in [-0.2, 0) is 5.75 Å². The molecule has 1 atom stereocenters. The van der Waals surface area contributed by atoms with Crippen LogP contribution >= 0.6 is 11.8 Å². The van der Waals surface area contributed by atoms with Gasteiger partial charge >= 0.3 is 0 Å². The highest BCUT2D eigenvalue weighted by Crippen LogP contribution is 2.28. The molecule has 0 amide bonds. The van der Waals surface area contributed by atoms with Gasteiger partial charge < -0.3 is 11.1 Å². The fraction of sp³-hybridized carbons (Fsp3) is 0.227. The highest BCUT2D eigenvalue weighted by Gasteiger charge is 2.21. The van der Waals surface area contributed by atoms with Gasteiger partial charge in [0, 0.05) is 11.4 Å². The zero-order chi connectivity index (χ0) is 23.4. The van der Waals surface area contributed by atoms with Crippen molar-refractivity contribution in [3.8, 4) is 5.69 Å². The third-order valence-corrected chi connectivity index (χ3v) is 5.88. The standard InChI is InChI=1S/C22H24FN9S/c1-14(31(2)3)19-29-30-22(32(19)17-11-9-15(23)10-12-17)33-13-18-26-20(24)28-21(27-18)25-16-7-5-4-6-8-16/h4-12,14H,13H2,1-3H3,(H3,24,25,26,27,28)/t14-/m0/s1. The summed E-state index contributed by atoms with van der Waals surface area (Å²) in [5.74, 6) is 1.83. The Hall–Kier alpha value is -3.57. The maximum atomic E-state index is 13.5. The number of aromatic nitrogens is 6. The number of benzene rings is 2. The number of rotatable bonds is 8. The second kappa shape index (κ2) is 9.92. The molecule has 2 aromatic heterocycles. The number of hydrogen-bond acceptors (Lipinski definition) is 9. The maximum Gasteiger partial charge on any atom is 0.232 e. The van der Waals surface area contributed by atoms with Crippen LogP contribution in [0.3, 0.4) is 0 Å². The summed E-state index contributed by atoms with van der Waals surface area (Å²) < 4.78 is 15.4. The third-order valence-electron chi connectivity index (χ3n) is 4.95. The Morgan fingerprint density at radius 1 is 1.03 bits per heavy atom. The van der Waals surface area contributed by atoms with Crippen LogP contribution in [0.5, 0.6) is 0 Å². The van der Waals surface area contributed by atoms with Gasteiger partial charge in [-0.3, -0.25) is 9.47 Å². The van der Waals surface area contributed by atoms with E-state index in [1.54, 1.807) is 12.1 Å². The number of nitrogens with two attached hydrogens (primary N) is 1. The van der Waals surface area contributed by atoms with Crippen LogP contribution in [0, 0.1) is 5.82 Å². The first-order valence-corrected chi connectivity index (χ1v) is 11.2. The van der Waals surface area contributed by atoms with Gasteiger partial charge in [0.15, 0.2) is 11.0 Å². The van der Waals surface area contributed by atoms with Gasteiger partial charge in [0.1, 0.15) is 11.6 Å². The number of anilines is 3. The Balaban J connectivity index is 1.60. The molecule has 2 heterocycles. The summed E-state index contributed by atoms with van der Waals surface area (Å²) in [7, 11) is 3.94. The Bertz CT molecular complexity index is 1210. The van der Waals surface area contributed by atoms with Crippen molar-refractivity contribution in [3.05, 3.63) is 72.1 Å². The molecular formula is C22H24FN9S. The molecule has 0 bridgehead atoms. The minimum atomic E-state index is -0.303. The average molecular weight is 466 g/mol. The summed E-state index contributed by atoms with van der Waals surface area (Å²) in [5, 5.41) is 12.6. The van der Waals surface area contributed by atoms with Gasteiger partial charge in [0.25, 0.3) is 0 Å². The molecule has 4 aromatic rings. The van der Waals surface area contributed by atoms with Crippen molar-refractivity contribution < 1.29 is 4.39 Å². The van der Waals surface area contributed by atoms with Crippen molar-refractivity contribution in [1.29, 1.82) is 0 Å². The van der Waals surface area contributed by atoms with Crippen LogP contribution in [-0.4, -0.2) is 48.7 Å². The number of nitrogens with one attached hydrogen (secondary N) is 1. The van der Waals surface area contributed by atoms with E-state index in [2.05, 4.69) is 30.5 Å². The molecule has 0 unspecified atom stereocenters. The SMILES string of the molecule is C[C@@H](c1nnc(SCc2nc(N)nc(Nc3ccccc3)n2)n1-c1ccc(F)cc1)N(C)C. The minimum absolute atomic E-state index is 0.00796. The molecule has 170 valence electrons. The number of nitrogen functional groups attached to an aromatic ring is 1. The lowest BCUT2D eigenvalue weighted by atomic mass is 10.2. The fourth-order valence-electron chi connectivity index (χ4n) is 3.05. The average Bonchev–Trinajstić information content (AvgIpc) is 3.22. The van der Waals surface area contributed by atoms with E-state index in [0.717, 1.165) is 17.2 Å². The number of thioether (sulfide) groups is 1. The van der Waals surface area contributed by atoms with E-state index in [4.69, 9.17) is 5.73 Å². The quantitative estimate of drug-likeness (QED) is 0.375. The Kier molecular flexibility index (Phi) is 6.80. The number of para-hydroxylation sites is 1. The highest BCUT2D eigenvalue weighted by atomic mass is 32.2. The summed E-state index contributed by atoms with van der Waals surface area (Å²) in [6.45, 7) is 2.03. The first kappa shape index (κ1) is 22.6. The lowest BCUT2D eigenvalue weighted by molar-refractivity contribution is 0.305. The maximum absolute atomic E-state index is 13.5. The normalized spacial score (nSPS) is 12.2. The van der Waals surface area contributed by atoms with Gasteiger partial charge in [-0.05, 0) is 57.4 Å². The molecule has 0 aliphatic carbocycles. The van der Waals surface area contributed by atoms with E-state index in [1.165, 1.54) is 23.9 Å². The zero-order valence-electron chi connectivity index (χ0n) is 18.5. The smallest absolute Gasteiger partial charge is 0.232 e. The summed E-state index contributed by atoms with van der Waals surface area (Å²) in [4.78, 5) is 14.9. The molecular weight excluding hydrogens is 441 g/mol. The van der Waals surface area contributed by atoms with Crippen LogP contribution in [0.4, 0.5) is 22.0 Å². The van der Waals surface area contributed by atoms with Gasteiger partial charge in [-0.15, -0.1) is 10.2 Å². The van der Waals surface area contributed by atoms with Crippen LogP contribution in [0.2, 0.25) is 0 Å². The van der Waals surface area contributed by atoms with E-state index in [0.29, 0.717) is 22.7 Å². The van der Waals surface area contributed by atoms with Gasteiger partial charge in [-0.25, -0.2) is 4.39 Å². The van der Waals surface area contributed by atoms with Crippen LogP contribution < -0.4 is 11.1 Å². The van der Waals surface area contributed by atoms with Crippen molar-refractivity contribution in [2.24, 2.45) is 0 Å². The minimum Gasteiger partial charge on any atom is -0.368 e. The lowest BCUT2D eigenvalue weighted by Gasteiger charge is -2.20. The molecule has 11 heteroatoms. The largest absolute Gasteiger partial charge is 0.368 e. The molecule has 3 N–H and O–H groups in total. The predicted molar refractivity (Wildman–Crippen MR) is 127 cm³/mol. The van der Waals surface area contributed by atoms with Crippen molar-refractivity contribution in [2.45, 2.75) is 23.9 Å².